The van der Waals surface area contributed by atoms with Crippen LogP contribution in [0.4, 0.5) is 5.69 Å². The van der Waals surface area contributed by atoms with Crippen LogP contribution in [0.1, 0.15) is 45.1 Å². The van der Waals surface area contributed by atoms with Gasteiger partial charge in [0.05, 0.1) is 17.7 Å². The number of nitro benzene ring substituents is 1. The molecule has 22 heavy (non-hydrogen) atoms. The Hall–Kier alpha value is -2.44. The van der Waals surface area contributed by atoms with E-state index in [1.165, 1.54) is 18.3 Å². The maximum atomic E-state index is 11.4. The molecule has 0 atom stereocenters. The molecule has 0 saturated heterocycles. The summed E-state index contributed by atoms with van der Waals surface area (Å²) >= 11 is 0. The lowest BCUT2D eigenvalue weighted by molar-refractivity contribution is -0.385. The van der Waals surface area contributed by atoms with Crippen LogP contribution in [0.15, 0.2) is 23.3 Å². The third-order valence-corrected chi connectivity index (χ3v) is 2.80. The van der Waals surface area contributed by atoms with Crippen molar-refractivity contribution in [3.05, 3.63) is 33.9 Å². The molecule has 0 aliphatic carbocycles. The fourth-order valence-corrected chi connectivity index (χ4v) is 1.66. The largest absolute Gasteiger partial charge is 0.487 e. The maximum Gasteiger partial charge on any atom is 0.311 e. The van der Waals surface area contributed by atoms with Crippen LogP contribution in [0.25, 0.3) is 0 Å². The number of nitrogens with one attached hydrogen (secondary N) is 1. The third-order valence-electron chi connectivity index (χ3n) is 2.80. The van der Waals surface area contributed by atoms with Gasteiger partial charge in [-0.05, 0) is 25.0 Å². The second kappa shape index (κ2) is 9.49. The highest BCUT2D eigenvalue weighted by molar-refractivity contribution is 5.83. The van der Waals surface area contributed by atoms with Gasteiger partial charge >= 0.3 is 5.69 Å². The van der Waals surface area contributed by atoms with Crippen molar-refractivity contribution in [2.45, 2.75) is 39.5 Å². The average Bonchev–Trinajstić information content (AvgIpc) is 2.51. The van der Waals surface area contributed by atoms with E-state index in [1.54, 1.807) is 6.07 Å². The number of amides is 1. The summed E-state index contributed by atoms with van der Waals surface area (Å²) in [7, 11) is 0. The molecule has 0 bridgehead atoms. The topological polar surface area (TPSA) is 93.8 Å². The van der Waals surface area contributed by atoms with Gasteiger partial charge in [-0.3, -0.25) is 14.9 Å². The lowest BCUT2D eigenvalue weighted by Gasteiger charge is -2.05. The predicted octanol–water partition coefficient (Wildman–Crippen LogP) is 3.02. The van der Waals surface area contributed by atoms with Crippen molar-refractivity contribution in [2.75, 3.05) is 6.61 Å². The van der Waals surface area contributed by atoms with Crippen molar-refractivity contribution in [2.24, 2.45) is 5.10 Å². The van der Waals surface area contributed by atoms with Crippen LogP contribution in [-0.4, -0.2) is 23.7 Å². The number of nitro groups is 1. The molecule has 0 aromatic heterocycles. The Labute approximate surface area is 129 Å². The van der Waals surface area contributed by atoms with Crippen LogP contribution in [0.5, 0.6) is 5.75 Å². The maximum absolute atomic E-state index is 11.4. The number of nitrogens with zero attached hydrogens (tertiary/aromatic N) is 2. The molecular formula is C15H21N3O4. The van der Waals surface area contributed by atoms with Crippen LogP contribution in [0.3, 0.4) is 0 Å². The summed E-state index contributed by atoms with van der Waals surface area (Å²) in [6.07, 6.45) is 4.29. The van der Waals surface area contributed by atoms with Gasteiger partial charge < -0.3 is 4.74 Å². The third kappa shape index (κ3) is 5.90. The monoisotopic (exact) mass is 307 g/mol. The molecular weight excluding hydrogens is 286 g/mol. The van der Waals surface area contributed by atoms with E-state index >= 15 is 0 Å². The van der Waals surface area contributed by atoms with Crippen molar-refractivity contribution in [1.29, 1.82) is 0 Å². The number of hydrazone groups is 1. The second-order valence-electron chi connectivity index (χ2n) is 4.73. The van der Waals surface area contributed by atoms with E-state index in [1.807, 2.05) is 13.8 Å². The van der Waals surface area contributed by atoms with Crippen LogP contribution in [-0.2, 0) is 4.79 Å². The fourth-order valence-electron chi connectivity index (χ4n) is 1.66. The molecule has 1 rings (SSSR count). The first-order valence-electron chi connectivity index (χ1n) is 7.31. The van der Waals surface area contributed by atoms with Gasteiger partial charge in [-0.25, -0.2) is 5.43 Å². The SMILES string of the molecule is CCCCC(=O)N/N=C/c1ccc(OCCC)c([N+](=O)[O-])c1. The van der Waals surface area contributed by atoms with E-state index in [2.05, 4.69) is 10.5 Å². The minimum Gasteiger partial charge on any atom is -0.487 e. The van der Waals surface area contributed by atoms with Crippen molar-refractivity contribution in [3.8, 4) is 5.75 Å². The summed E-state index contributed by atoms with van der Waals surface area (Å²) in [6, 6.07) is 4.56. The van der Waals surface area contributed by atoms with E-state index in [0.717, 1.165) is 19.3 Å². The van der Waals surface area contributed by atoms with Gasteiger partial charge in [-0.15, -0.1) is 0 Å². The van der Waals surface area contributed by atoms with Gasteiger partial charge in [0.15, 0.2) is 5.75 Å². The Bertz CT molecular complexity index is 544. The molecule has 7 nitrogen and oxygen atoms in total. The highest BCUT2D eigenvalue weighted by atomic mass is 16.6. The van der Waals surface area contributed by atoms with Gasteiger partial charge in [0, 0.05) is 18.1 Å². The molecule has 7 heteroatoms. The van der Waals surface area contributed by atoms with Gasteiger partial charge in [0.2, 0.25) is 5.91 Å². The normalized spacial score (nSPS) is 10.6. The summed E-state index contributed by atoms with van der Waals surface area (Å²) in [5.41, 5.74) is 2.80. The highest BCUT2D eigenvalue weighted by Gasteiger charge is 2.15. The standard InChI is InChI=1S/C15H21N3O4/c1-3-5-6-15(19)17-16-11-12-7-8-14(22-9-4-2)13(10-12)18(20)21/h7-8,10-11H,3-6,9H2,1-2H3,(H,17,19)/b16-11+. The Balaban J connectivity index is 2.73. The number of rotatable bonds is 9. The van der Waals surface area contributed by atoms with E-state index in [0.29, 0.717) is 18.6 Å². The van der Waals surface area contributed by atoms with E-state index < -0.39 is 4.92 Å². The van der Waals surface area contributed by atoms with Crippen molar-refractivity contribution in [3.63, 3.8) is 0 Å². The molecule has 0 unspecified atom stereocenters. The quantitative estimate of drug-likeness (QED) is 0.431. The summed E-state index contributed by atoms with van der Waals surface area (Å²) in [5, 5.41) is 14.8. The van der Waals surface area contributed by atoms with E-state index in [-0.39, 0.29) is 17.3 Å². The number of carbonyl (C=O) groups is 1. The van der Waals surface area contributed by atoms with Gasteiger partial charge in [0.1, 0.15) is 0 Å². The van der Waals surface area contributed by atoms with Crippen LogP contribution >= 0.6 is 0 Å². The van der Waals surface area contributed by atoms with Crippen molar-refractivity contribution >= 4 is 17.8 Å². The number of unbranched alkanes of at least 4 members (excludes halogenated alkanes) is 1. The molecule has 1 aromatic carbocycles. The summed E-state index contributed by atoms with van der Waals surface area (Å²) < 4.78 is 5.33. The summed E-state index contributed by atoms with van der Waals surface area (Å²) in [5.74, 6) is 0.0616. The summed E-state index contributed by atoms with van der Waals surface area (Å²) in [6.45, 7) is 4.34. The molecule has 0 radical (unpaired) electrons. The van der Waals surface area contributed by atoms with Gasteiger partial charge in [-0.2, -0.15) is 5.10 Å². The zero-order valence-electron chi connectivity index (χ0n) is 12.9. The number of ether oxygens (including phenoxy) is 1. The molecule has 1 aromatic rings. The lowest BCUT2D eigenvalue weighted by atomic mass is 10.2. The Morgan fingerprint density at radius 1 is 1.41 bits per heavy atom. The first-order chi connectivity index (χ1) is 10.6. The molecule has 1 amide bonds. The minimum absolute atomic E-state index is 0.116. The number of benzene rings is 1. The number of hydrogen-bond donors (Lipinski definition) is 1. The van der Waals surface area contributed by atoms with E-state index in [9.17, 15) is 14.9 Å². The van der Waals surface area contributed by atoms with E-state index in [4.69, 9.17) is 4.74 Å². The Morgan fingerprint density at radius 2 is 2.18 bits per heavy atom. The fraction of sp³-hybridized carbons (Fsp3) is 0.467. The number of hydrogen-bond acceptors (Lipinski definition) is 5. The molecule has 0 spiro atoms. The minimum atomic E-state index is -0.498. The van der Waals surface area contributed by atoms with Gasteiger partial charge in [-0.1, -0.05) is 20.3 Å². The van der Waals surface area contributed by atoms with Crippen molar-refractivity contribution < 1.29 is 14.5 Å². The van der Waals surface area contributed by atoms with Crippen LogP contribution in [0.2, 0.25) is 0 Å². The molecule has 0 aliphatic rings. The zero-order valence-corrected chi connectivity index (χ0v) is 12.9. The molecule has 0 fully saturated rings. The van der Waals surface area contributed by atoms with Crippen molar-refractivity contribution in [1.82, 2.24) is 5.43 Å². The highest BCUT2D eigenvalue weighted by Crippen LogP contribution is 2.27. The first-order valence-corrected chi connectivity index (χ1v) is 7.31. The Morgan fingerprint density at radius 3 is 2.82 bits per heavy atom. The molecule has 1 N–H and O–H groups in total. The first kappa shape index (κ1) is 17.6. The summed E-state index contributed by atoms with van der Waals surface area (Å²) in [4.78, 5) is 21.9. The Kier molecular flexibility index (Phi) is 7.60. The number of carbonyl (C=O) groups excluding carboxylic acids is 1. The lowest BCUT2D eigenvalue weighted by Crippen LogP contribution is -2.16. The molecule has 0 heterocycles. The molecule has 0 aliphatic heterocycles. The van der Waals surface area contributed by atoms with Crippen LogP contribution < -0.4 is 10.2 Å². The predicted molar refractivity (Wildman–Crippen MR) is 84.1 cm³/mol. The van der Waals surface area contributed by atoms with Gasteiger partial charge in [0.25, 0.3) is 0 Å². The van der Waals surface area contributed by atoms with Crippen LogP contribution in [0, 0.1) is 10.1 Å². The zero-order chi connectivity index (χ0) is 16.4. The second-order valence-corrected chi connectivity index (χ2v) is 4.73. The molecule has 120 valence electrons. The smallest absolute Gasteiger partial charge is 0.311 e. The molecule has 0 saturated carbocycles. The average molecular weight is 307 g/mol.